The van der Waals surface area contributed by atoms with Gasteiger partial charge in [-0.25, -0.2) is 17.9 Å². The molecule has 1 aliphatic rings. The second-order valence-electron chi connectivity index (χ2n) is 8.68. The maximum Gasteiger partial charge on any atom is 0.355 e. The van der Waals surface area contributed by atoms with Crippen LogP contribution in [0.5, 0.6) is 0 Å². The molecular formula is C24H33N3O5S. The Morgan fingerprint density at radius 3 is 2.55 bits per heavy atom. The summed E-state index contributed by atoms with van der Waals surface area (Å²) in [5, 5.41) is 0. The van der Waals surface area contributed by atoms with E-state index in [1.165, 1.54) is 0 Å². The molecule has 2 N–H and O–H groups in total. The fourth-order valence-electron chi connectivity index (χ4n) is 4.35. The van der Waals surface area contributed by atoms with Crippen molar-refractivity contribution in [2.75, 3.05) is 32.8 Å². The van der Waals surface area contributed by atoms with E-state index in [1.807, 2.05) is 6.92 Å². The van der Waals surface area contributed by atoms with Crippen LogP contribution < -0.4 is 4.72 Å². The van der Waals surface area contributed by atoms with Crippen molar-refractivity contribution in [3.05, 3.63) is 52.3 Å². The van der Waals surface area contributed by atoms with Crippen LogP contribution in [0.25, 0.3) is 0 Å². The normalized spacial score (nSPS) is 17.2. The molecule has 2 heterocycles. The summed E-state index contributed by atoms with van der Waals surface area (Å²) in [6.45, 7) is 9.42. The Morgan fingerprint density at radius 2 is 1.88 bits per heavy atom. The van der Waals surface area contributed by atoms with Gasteiger partial charge in [0.15, 0.2) is 5.78 Å². The van der Waals surface area contributed by atoms with Crippen LogP contribution in [0, 0.1) is 26.7 Å². The molecule has 1 atom stereocenters. The Bertz CT molecular complexity index is 1110. The maximum absolute atomic E-state index is 13.1. The summed E-state index contributed by atoms with van der Waals surface area (Å²) in [4.78, 5) is 30.5. The van der Waals surface area contributed by atoms with Gasteiger partial charge in [-0.1, -0.05) is 17.7 Å². The van der Waals surface area contributed by atoms with Crippen LogP contribution in [0.1, 0.15) is 57.4 Å². The number of esters is 1. The number of benzene rings is 1. The molecule has 0 amide bonds. The summed E-state index contributed by atoms with van der Waals surface area (Å²) in [5.74, 6) is -0.399. The molecule has 0 saturated carbocycles. The maximum atomic E-state index is 13.1. The number of piperidine rings is 1. The number of Topliss-reactive ketones (excluding diaryl/α,β-unsaturated/α-hetero) is 1. The predicted molar refractivity (Wildman–Crippen MR) is 126 cm³/mol. The van der Waals surface area contributed by atoms with E-state index in [2.05, 4.69) is 14.6 Å². The summed E-state index contributed by atoms with van der Waals surface area (Å²) in [6.07, 6.45) is 1.79. The standard InChI is InChI=1S/C24H33N3O5S/c1-5-32-24(29)23-17(3)22(18(4)26-23)21(28)15-27-12-6-7-19(14-27)13-25-33(30,31)20-10-8-16(2)9-11-20/h8-11,19,25-26H,5-7,12-15H2,1-4H3. The largest absolute Gasteiger partial charge is 0.461 e. The second-order valence-corrected chi connectivity index (χ2v) is 10.4. The van der Waals surface area contributed by atoms with E-state index >= 15 is 0 Å². The summed E-state index contributed by atoms with van der Waals surface area (Å²) in [5.41, 5.74) is 3.11. The van der Waals surface area contributed by atoms with E-state index in [1.54, 1.807) is 45.0 Å². The number of ether oxygens (including phenoxy) is 1. The average Bonchev–Trinajstić information content (AvgIpc) is 3.07. The molecule has 0 aliphatic carbocycles. The Kier molecular flexibility index (Phi) is 8.10. The Morgan fingerprint density at radius 1 is 1.18 bits per heavy atom. The number of carbonyl (C=O) groups excluding carboxylic acids is 2. The number of aromatic amines is 1. The van der Waals surface area contributed by atoms with E-state index in [-0.39, 0.29) is 29.7 Å². The number of aromatic nitrogens is 1. The lowest BCUT2D eigenvalue weighted by atomic mass is 9.97. The minimum atomic E-state index is -3.56. The summed E-state index contributed by atoms with van der Waals surface area (Å²) >= 11 is 0. The van der Waals surface area contributed by atoms with Gasteiger partial charge in [0.1, 0.15) is 5.69 Å². The van der Waals surface area contributed by atoms with Crippen molar-refractivity contribution in [3.8, 4) is 0 Å². The first-order valence-electron chi connectivity index (χ1n) is 11.3. The van der Waals surface area contributed by atoms with Crippen LogP contribution in [-0.4, -0.2) is 62.8 Å². The van der Waals surface area contributed by atoms with E-state index in [0.29, 0.717) is 35.6 Å². The van der Waals surface area contributed by atoms with Crippen molar-refractivity contribution in [1.29, 1.82) is 0 Å². The number of nitrogens with zero attached hydrogens (tertiary/aromatic N) is 1. The first-order chi connectivity index (χ1) is 15.6. The SMILES string of the molecule is CCOC(=O)c1[nH]c(C)c(C(=O)CN2CCCC(CNS(=O)(=O)c3ccc(C)cc3)C2)c1C. The van der Waals surface area contributed by atoms with Crippen molar-refractivity contribution in [2.24, 2.45) is 5.92 Å². The van der Waals surface area contributed by atoms with Gasteiger partial charge >= 0.3 is 5.97 Å². The number of hydrogen-bond donors (Lipinski definition) is 2. The molecule has 3 rings (SSSR count). The van der Waals surface area contributed by atoms with Gasteiger partial charge in [-0.2, -0.15) is 0 Å². The number of rotatable bonds is 9. The van der Waals surface area contributed by atoms with Crippen LogP contribution in [0.3, 0.4) is 0 Å². The number of ketones is 1. The molecule has 8 nitrogen and oxygen atoms in total. The van der Waals surface area contributed by atoms with Crippen LogP contribution in [0.15, 0.2) is 29.2 Å². The molecular weight excluding hydrogens is 442 g/mol. The van der Waals surface area contributed by atoms with Crippen molar-refractivity contribution < 1.29 is 22.7 Å². The Balaban J connectivity index is 1.60. The van der Waals surface area contributed by atoms with Gasteiger partial charge in [0.05, 0.1) is 18.0 Å². The molecule has 1 aliphatic heterocycles. The lowest BCUT2D eigenvalue weighted by Gasteiger charge is -2.32. The fraction of sp³-hybridized carbons (Fsp3) is 0.500. The molecule has 1 aromatic carbocycles. The highest BCUT2D eigenvalue weighted by molar-refractivity contribution is 7.89. The first kappa shape index (κ1) is 25.1. The average molecular weight is 476 g/mol. The molecule has 1 aromatic heterocycles. The third-order valence-corrected chi connectivity index (χ3v) is 7.50. The molecule has 9 heteroatoms. The zero-order chi connectivity index (χ0) is 24.2. The molecule has 1 saturated heterocycles. The fourth-order valence-corrected chi connectivity index (χ4v) is 5.46. The number of hydrogen-bond acceptors (Lipinski definition) is 6. The van der Waals surface area contributed by atoms with E-state index in [0.717, 1.165) is 24.9 Å². The first-order valence-corrected chi connectivity index (χ1v) is 12.8. The molecule has 0 radical (unpaired) electrons. The van der Waals surface area contributed by atoms with Gasteiger partial charge in [0, 0.05) is 24.3 Å². The number of likely N-dealkylation sites (tertiary alicyclic amines) is 1. The van der Waals surface area contributed by atoms with Crippen LogP contribution in [-0.2, 0) is 14.8 Å². The molecule has 2 aromatic rings. The van der Waals surface area contributed by atoms with Crippen molar-refractivity contribution in [1.82, 2.24) is 14.6 Å². The minimum Gasteiger partial charge on any atom is -0.461 e. The van der Waals surface area contributed by atoms with Gasteiger partial charge < -0.3 is 9.72 Å². The highest BCUT2D eigenvalue weighted by Crippen LogP contribution is 2.22. The third kappa shape index (κ3) is 6.10. The van der Waals surface area contributed by atoms with Gasteiger partial charge in [-0.3, -0.25) is 9.69 Å². The zero-order valence-electron chi connectivity index (χ0n) is 19.7. The lowest BCUT2D eigenvalue weighted by molar-refractivity contribution is 0.0519. The van der Waals surface area contributed by atoms with Crippen LogP contribution >= 0.6 is 0 Å². The molecule has 0 spiro atoms. The number of nitrogens with one attached hydrogen (secondary N) is 2. The van der Waals surface area contributed by atoms with Crippen molar-refractivity contribution >= 4 is 21.8 Å². The number of sulfonamides is 1. The topological polar surface area (TPSA) is 109 Å². The second kappa shape index (κ2) is 10.6. The van der Waals surface area contributed by atoms with E-state index < -0.39 is 16.0 Å². The van der Waals surface area contributed by atoms with Crippen molar-refractivity contribution in [2.45, 2.75) is 45.4 Å². The third-order valence-electron chi connectivity index (χ3n) is 6.06. The highest BCUT2D eigenvalue weighted by Gasteiger charge is 2.27. The molecule has 33 heavy (non-hydrogen) atoms. The number of carbonyl (C=O) groups is 2. The zero-order valence-corrected chi connectivity index (χ0v) is 20.5. The molecule has 1 fully saturated rings. The smallest absolute Gasteiger partial charge is 0.355 e. The molecule has 1 unspecified atom stereocenters. The summed E-state index contributed by atoms with van der Waals surface area (Å²) in [7, 11) is -3.56. The minimum absolute atomic E-state index is 0.0577. The van der Waals surface area contributed by atoms with Crippen molar-refractivity contribution in [3.63, 3.8) is 0 Å². The number of H-pyrrole nitrogens is 1. The highest BCUT2D eigenvalue weighted by atomic mass is 32.2. The quantitative estimate of drug-likeness (QED) is 0.426. The van der Waals surface area contributed by atoms with E-state index in [4.69, 9.17) is 4.74 Å². The van der Waals surface area contributed by atoms with Gasteiger partial charge in [0.2, 0.25) is 10.0 Å². The Hall–Kier alpha value is -2.49. The predicted octanol–water partition coefficient (Wildman–Crippen LogP) is 2.99. The van der Waals surface area contributed by atoms with Crippen LogP contribution in [0.2, 0.25) is 0 Å². The molecule has 180 valence electrons. The number of aryl methyl sites for hydroxylation is 2. The van der Waals surface area contributed by atoms with Crippen LogP contribution in [0.4, 0.5) is 0 Å². The Labute approximate surface area is 195 Å². The van der Waals surface area contributed by atoms with E-state index in [9.17, 15) is 18.0 Å². The summed E-state index contributed by atoms with van der Waals surface area (Å²) < 4.78 is 33.0. The summed E-state index contributed by atoms with van der Waals surface area (Å²) in [6, 6.07) is 6.77. The molecule has 0 bridgehead atoms. The van der Waals surface area contributed by atoms with Gasteiger partial charge in [-0.05, 0) is 70.7 Å². The monoisotopic (exact) mass is 475 g/mol. The van der Waals surface area contributed by atoms with Gasteiger partial charge in [0.25, 0.3) is 0 Å². The lowest BCUT2D eigenvalue weighted by Crippen LogP contribution is -2.43. The van der Waals surface area contributed by atoms with Gasteiger partial charge in [-0.15, -0.1) is 0 Å².